The number of thioether (sulfide) groups is 1. The van der Waals surface area contributed by atoms with Crippen LogP contribution in [0.4, 0.5) is 5.69 Å². The number of pyridine rings is 1. The number of carbonyl (C=O) groups excluding carboxylic acids is 2. The Morgan fingerprint density at radius 1 is 1.14 bits per heavy atom. The van der Waals surface area contributed by atoms with Crippen molar-refractivity contribution < 1.29 is 9.59 Å². The fraction of sp³-hybridized carbons (Fsp3) is 0. The molecule has 2 aromatic carbocycles. The lowest BCUT2D eigenvalue weighted by molar-refractivity contribution is -0.113. The molecule has 0 fully saturated rings. The van der Waals surface area contributed by atoms with Crippen LogP contribution in [-0.2, 0) is 4.79 Å². The first kappa shape index (κ1) is 19.4. The number of amides is 2. The molecule has 144 valence electrons. The van der Waals surface area contributed by atoms with Gasteiger partial charge in [0, 0.05) is 11.6 Å². The van der Waals surface area contributed by atoms with Crippen molar-refractivity contribution in [1.82, 2.24) is 4.98 Å². The van der Waals surface area contributed by atoms with Crippen molar-refractivity contribution >= 4 is 74.6 Å². The van der Waals surface area contributed by atoms with E-state index in [9.17, 15) is 9.59 Å². The number of halogens is 2. The zero-order valence-electron chi connectivity index (χ0n) is 14.6. The number of amidine groups is 1. The molecule has 1 aromatic heterocycles. The van der Waals surface area contributed by atoms with E-state index in [0.29, 0.717) is 31.4 Å². The molecule has 3 N–H and O–H groups in total. The maximum Gasteiger partial charge on any atom is 0.286 e. The number of carbonyl (C=O) groups is 2. The number of benzene rings is 2. The fourth-order valence-corrected chi connectivity index (χ4v) is 4.02. The highest BCUT2D eigenvalue weighted by atomic mass is 35.5. The van der Waals surface area contributed by atoms with Gasteiger partial charge in [-0.25, -0.2) is 0 Å². The number of nitrogens with zero attached hydrogens (tertiary/aromatic N) is 2. The van der Waals surface area contributed by atoms with Crippen molar-refractivity contribution in [3.05, 3.63) is 74.7 Å². The van der Waals surface area contributed by atoms with Crippen LogP contribution in [0.15, 0.2) is 58.6 Å². The van der Waals surface area contributed by atoms with Gasteiger partial charge < -0.3 is 11.1 Å². The van der Waals surface area contributed by atoms with Gasteiger partial charge in [0.2, 0.25) is 5.91 Å². The maximum absolute atomic E-state index is 12.3. The molecule has 4 rings (SSSR count). The summed E-state index contributed by atoms with van der Waals surface area (Å²) in [6.45, 7) is 0. The van der Waals surface area contributed by atoms with Crippen LogP contribution in [0.25, 0.3) is 17.0 Å². The third-order valence-corrected chi connectivity index (χ3v) is 5.63. The van der Waals surface area contributed by atoms with Gasteiger partial charge in [-0.15, -0.1) is 0 Å². The highest BCUT2D eigenvalue weighted by Gasteiger charge is 2.23. The Morgan fingerprint density at radius 3 is 2.62 bits per heavy atom. The molecular formula is C20H12Cl2N4O2S. The van der Waals surface area contributed by atoms with E-state index < -0.39 is 5.91 Å². The molecule has 3 aromatic rings. The van der Waals surface area contributed by atoms with E-state index in [2.05, 4.69) is 15.3 Å². The van der Waals surface area contributed by atoms with Gasteiger partial charge >= 0.3 is 0 Å². The van der Waals surface area contributed by atoms with E-state index in [1.165, 1.54) is 18.0 Å². The van der Waals surface area contributed by atoms with E-state index in [4.69, 9.17) is 28.9 Å². The Morgan fingerprint density at radius 2 is 1.90 bits per heavy atom. The molecular weight excluding hydrogens is 431 g/mol. The summed E-state index contributed by atoms with van der Waals surface area (Å²) in [7, 11) is 0. The standard InChI is InChI=1S/C20H12Cl2N4O2S/c21-13-2-1-3-14(22)17(13)25-20-26-19(28)16(29-20)7-10-4-5-15-11(6-10)8-12(9-24-15)18(23)27/h1-9H,(H2,23,27)(H,25,26,28). The molecule has 0 atom stereocenters. The van der Waals surface area contributed by atoms with Gasteiger partial charge in [0.05, 0.1) is 31.7 Å². The second-order valence-electron chi connectivity index (χ2n) is 6.09. The number of aromatic nitrogens is 1. The number of anilines is 1. The summed E-state index contributed by atoms with van der Waals surface area (Å²) in [6, 6.07) is 12.2. The van der Waals surface area contributed by atoms with Crippen LogP contribution in [0.2, 0.25) is 10.0 Å². The molecule has 2 amide bonds. The van der Waals surface area contributed by atoms with E-state index in [0.717, 1.165) is 16.5 Å². The minimum atomic E-state index is -0.549. The summed E-state index contributed by atoms with van der Waals surface area (Å²) in [5.41, 5.74) is 7.61. The van der Waals surface area contributed by atoms with Crippen LogP contribution in [0, 0.1) is 0 Å². The third-order valence-electron chi connectivity index (χ3n) is 4.10. The van der Waals surface area contributed by atoms with Gasteiger partial charge in [0.15, 0.2) is 5.17 Å². The lowest BCUT2D eigenvalue weighted by Crippen LogP contribution is -2.10. The average Bonchev–Trinajstić information content (AvgIpc) is 3.03. The number of hydrogen-bond donors (Lipinski definition) is 2. The van der Waals surface area contributed by atoms with E-state index >= 15 is 0 Å². The molecule has 1 aliphatic heterocycles. The van der Waals surface area contributed by atoms with Crippen molar-refractivity contribution in [1.29, 1.82) is 0 Å². The molecule has 0 spiro atoms. The zero-order chi connectivity index (χ0) is 20.5. The van der Waals surface area contributed by atoms with Gasteiger partial charge in [-0.2, -0.15) is 4.99 Å². The Hall–Kier alpha value is -2.87. The maximum atomic E-state index is 12.3. The lowest BCUT2D eigenvalue weighted by Gasteiger charge is -2.08. The highest BCUT2D eigenvalue weighted by Crippen LogP contribution is 2.34. The molecule has 29 heavy (non-hydrogen) atoms. The molecule has 0 radical (unpaired) electrons. The SMILES string of the molecule is NC(=O)c1cnc2ccc(C=C3SC(Nc4c(Cl)cccc4Cl)=NC3=O)cc2c1. The number of para-hydroxylation sites is 1. The van der Waals surface area contributed by atoms with Gasteiger partial charge in [-0.05, 0) is 53.7 Å². The number of primary amides is 1. The number of fused-ring (bicyclic) bond motifs is 1. The van der Waals surface area contributed by atoms with Crippen LogP contribution < -0.4 is 11.1 Å². The van der Waals surface area contributed by atoms with Gasteiger partial charge in [-0.1, -0.05) is 35.3 Å². The second-order valence-corrected chi connectivity index (χ2v) is 7.94. The minimum Gasteiger partial charge on any atom is -0.366 e. The molecule has 6 nitrogen and oxygen atoms in total. The van der Waals surface area contributed by atoms with Crippen molar-refractivity contribution in [2.75, 3.05) is 5.32 Å². The number of nitrogens with two attached hydrogens (primary N) is 1. The molecule has 0 saturated heterocycles. The smallest absolute Gasteiger partial charge is 0.286 e. The Balaban J connectivity index is 1.59. The van der Waals surface area contributed by atoms with E-state index in [1.54, 1.807) is 36.4 Å². The Bertz CT molecular complexity index is 1220. The highest BCUT2D eigenvalue weighted by molar-refractivity contribution is 8.18. The average molecular weight is 443 g/mol. The minimum absolute atomic E-state index is 0.319. The largest absolute Gasteiger partial charge is 0.366 e. The lowest BCUT2D eigenvalue weighted by atomic mass is 10.1. The van der Waals surface area contributed by atoms with Gasteiger partial charge in [0.1, 0.15) is 0 Å². The van der Waals surface area contributed by atoms with Gasteiger partial charge in [-0.3, -0.25) is 14.6 Å². The second kappa shape index (κ2) is 7.87. The summed E-state index contributed by atoms with van der Waals surface area (Å²) in [5, 5.41) is 4.98. The number of aliphatic imine (C=N–C) groups is 1. The van der Waals surface area contributed by atoms with Crippen molar-refractivity contribution in [3.8, 4) is 0 Å². The van der Waals surface area contributed by atoms with Crippen LogP contribution >= 0.6 is 35.0 Å². The summed E-state index contributed by atoms with van der Waals surface area (Å²) >= 11 is 13.5. The Kier molecular flexibility index (Phi) is 5.27. The summed E-state index contributed by atoms with van der Waals surface area (Å²) in [6.07, 6.45) is 3.15. The summed E-state index contributed by atoms with van der Waals surface area (Å²) < 4.78 is 0. The molecule has 1 aliphatic rings. The van der Waals surface area contributed by atoms with Crippen LogP contribution in [0.3, 0.4) is 0 Å². The molecule has 0 saturated carbocycles. The molecule has 0 unspecified atom stereocenters. The van der Waals surface area contributed by atoms with Crippen molar-refractivity contribution in [3.63, 3.8) is 0 Å². The number of rotatable bonds is 3. The van der Waals surface area contributed by atoms with Gasteiger partial charge in [0.25, 0.3) is 5.91 Å². The zero-order valence-corrected chi connectivity index (χ0v) is 17.0. The predicted molar refractivity (Wildman–Crippen MR) is 118 cm³/mol. The van der Waals surface area contributed by atoms with Crippen LogP contribution in [0.5, 0.6) is 0 Å². The fourth-order valence-electron chi connectivity index (χ4n) is 2.71. The predicted octanol–water partition coefficient (Wildman–Crippen LogP) is 4.72. The molecule has 0 bridgehead atoms. The summed E-state index contributed by atoms with van der Waals surface area (Å²) in [4.78, 5) is 32.3. The molecule has 9 heteroatoms. The van der Waals surface area contributed by atoms with Crippen LogP contribution in [0.1, 0.15) is 15.9 Å². The topological polar surface area (TPSA) is 97.4 Å². The first-order chi connectivity index (χ1) is 13.9. The third kappa shape index (κ3) is 4.12. The monoisotopic (exact) mass is 442 g/mol. The summed E-state index contributed by atoms with van der Waals surface area (Å²) in [5.74, 6) is -0.920. The first-order valence-electron chi connectivity index (χ1n) is 8.34. The Labute approximate surface area is 179 Å². The van der Waals surface area contributed by atoms with Crippen LogP contribution in [-0.4, -0.2) is 22.0 Å². The number of nitrogens with one attached hydrogen (secondary N) is 1. The normalized spacial score (nSPS) is 15.0. The quantitative estimate of drug-likeness (QED) is 0.571. The van der Waals surface area contributed by atoms with Crippen molar-refractivity contribution in [2.45, 2.75) is 0 Å². The number of hydrogen-bond acceptors (Lipinski definition) is 5. The molecule has 2 heterocycles. The van der Waals surface area contributed by atoms with Crippen molar-refractivity contribution in [2.24, 2.45) is 10.7 Å². The van der Waals surface area contributed by atoms with E-state index in [1.807, 2.05) is 12.1 Å². The first-order valence-corrected chi connectivity index (χ1v) is 9.91. The van der Waals surface area contributed by atoms with E-state index in [-0.39, 0.29) is 5.91 Å². The molecule has 0 aliphatic carbocycles.